The minimum absolute atomic E-state index is 0.111. The van der Waals surface area contributed by atoms with Crippen molar-refractivity contribution in [2.45, 2.75) is 51.6 Å². The molecule has 0 amide bonds. The Labute approximate surface area is 195 Å². The normalized spacial score (nSPS) is 16.3. The van der Waals surface area contributed by atoms with Crippen molar-refractivity contribution in [3.05, 3.63) is 59.7 Å². The number of aliphatic carboxylic acids is 1. The van der Waals surface area contributed by atoms with Gasteiger partial charge in [-0.05, 0) is 60.2 Å². The number of methoxy groups -OCH3 is 2. The van der Waals surface area contributed by atoms with Crippen molar-refractivity contribution < 1.29 is 19.4 Å². The second kappa shape index (κ2) is 10.3. The van der Waals surface area contributed by atoms with E-state index in [0.717, 1.165) is 64.0 Å². The number of likely N-dealkylation sites (tertiary alicyclic amines) is 1. The van der Waals surface area contributed by atoms with Crippen LogP contribution in [0.2, 0.25) is 0 Å². The van der Waals surface area contributed by atoms with E-state index in [0.29, 0.717) is 12.5 Å². The molecular weight excluding hydrogens is 414 g/mol. The molecule has 174 valence electrons. The Kier molecular flexibility index (Phi) is 7.19. The summed E-state index contributed by atoms with van der Waals surface area (Å²) in [6.07, 6.45) is 4.27. The largest absolute Gasteiger partial charge is 0.496 e. The number of hydrogen-bond donors (Lipinski definition) is 1. The molecule has 33 heavy (non-hydrogen) atoms. The van der Waals surface area contributed by atoms with Crippen molar-refractivity contribution in [1.82, 2.24) is 4.90 Å². The molecule has 4 rings (SSSR count). The Morgan fingerprint density at radius 2 is 1.82 bits per heavy atom. The first-order chi connectivity index (χ1) is 16.1. The molecule has 5 heteroatoms. The van der Waals surface area contributed by atoms with E-state index >= 15 is 0 Å². The number of ether oxygens (including phenoxy) is 2. The highest BCUT2D eigenvalue weighted by atomic mass is 16.5. The first kappa shape index (κ1) is 23.1. The zero-order valence-corrected chi connectivity index (χ0v) is 19.8. The Morgan fingerprint density at radius 3 is 2.55 bits per heavy atom. The smallest absolute Gasteiger partial charge is 0.303 e. The van der Waals surface area contributed by atoms with Gasteiger partial charge in [-0.15, -0.1) is 0 Å². The lowest BCUT2D eigenvalue weighted by Gasteiger charge is -2.26. The first-order valence-electron chi connectivity index (χ1n) is 11.8. The number of hydrogen-bond acceptors (Lipinski definition) is 4. The van der Waals surface area contributed by atoms with Crippen molar-refractivity contribution in [3.63, 3.8) is 0 Å². The molecule has 0 spiro atoms. The maximum Gasteiger partial charge on any atom is 0.303 e. The number of nitrogens with zero attached hydrogens (tertiary/aromatic N) is 1. The van der Waals surface area contributed by atoms with E-state index in [9.17, 15) is 4.79 Å². The van der Waals surface area contributed by atoms with Gasteiger partial charge in [-0.2, -0.15) is 0 Å². The molecule has 3 aromatic carbocycles. The molecule has 0 saturated carbocycles. The van der Waals surface area contributed by atoms with E-state index in [-0.39, 0.29) is 6.42 Å². The lowest BCUT2D eigenvalue weighted by Crippen LogP contribution is -2.28. The molecule has 1 aliphatic rings. The predicted octanol–water partition coefficient (Wildman–Crippen LogP) is 5.92. The van der Waals surface area contributed by atoms with Gasteiger partial charge in [0, 0.05) is 24.6 Å². The van der Waals surface area contributed by atoms with E-state index in [1.54, 1.807) is 14.2 Å². The van der Waals surface area contributed by atoms with E-state index in [1.165, 1.54) is 12.8 Å². The Bertz CT molecular complexity index is 1140. The number of carboxylic acids is 1. The van der Waals surface area contributed by atoms with Crippen LogP contribution in [0, 0.1) is 0 Å². The maximum absolute atomic E-state index is 11.2. The fraction of sp³-hybridized carbons (Fsp3) is 0.393. The van der Waals surface area contributed by atoms with Crippen LogP contribution in [0.3, 0.4) is 0 Å². The second-order valence-electron chi connectivity index (χ2n) is 8.72. The number of fused-ring (bicyclic) bond motifs is 1. The number of aryl methyl sites for hydroxylation is 1. The average Bonchev–Trinajstić information content (AvgIpc) is 3.29. The van der Waals surface area contributed by atoms with Crippen LogP contribution in [0.15, 0.2) is 48.5 Å². The molecule has 1 N–H and O–H groups in total. The molecule has 1 heterocycles. The van der Waals surface area contributed by atoms with Crippen LogP contribution in [0.4, 0.5) is 0 Å². The molecule has 1 atom stereocenters. The SMILES string of the molecule is CCC1CCCN1Cc1ccc(OC)c(-c2cccc3c(CCC(=O)O)cccc23)c1OC. The van der Waals surface area contributed by atoms with Gasteiger partial charge in [-0.25, -0.2) is 0 Å². The van der Waals surface area contributed by atoms with Gasteiger partial charge in [0.15, 0.2) is 0 Å². The number of benzene rings is 3. The highest BCUT2D eigenvalue weighted by molar-refractivity contribution is 6.01. The van der Waals surface area contributed by atoms with Gasteiger partial charge in [-0.1, -0.05) is 49.4 Å². The summed E-state index contributed by atoms with van der Waals surface area (Å²) in [4.78, 5) is 13.7. The maximum atomic E-state index is 11.2. The quantitative estimate of drug-likeness (QED) is 0.441. The number of rotatable bonds is 9. The Hall–Kier alpha value is -3.05. The molecule has 1 saturated heterocycles. The van der Waals surface area contributed by atoms with Crippen LogP contribution in [-0.2, 0) is 17.8 Å². The molecule has 0 aromatic heterocycles. The second-order valence-corrected chi connectivity index (χ2v) is 8.72. The molecule has 5 nitrogen and oxygen atoms in total. The molecule has 0 aliphatic carbocycles. The summed E-state index contributed by atoms with van der Waals surface area (Å²) in [6, 6.07) is 17.1. The average molecular weight is 448 g/mol. The van der Waals surface area contributed by atoms with E-state index in [1.807, 2.05) is 24.3 Å². The lowest BCUT2D eigenvalue weighted by molar-refractivity contribution is -0.136. The van der Waals surface area contributed by atoms with Gasteiger partial charge in [0.1, 0.15) is 11.5 Å². The molecule has 1 aliphatic heterocycles. The summed E-state index contributed by atoms with van der Waals surface area (Å²) in [5.41, 5.74) is 4.18. The number of carboxylic acid groups (broad SMARTS) is 1. The summed E-state index contributed by atoms with van der Waals surface area (Å²) in [7, 11) is 3.42. The molecule has 0 radical (unpaired) electrons. The van der Waals surface area contributed by atoms with Crippen LogP contribution in [0.1, 0.15) is 43.7 Å². The lowest BCUT2D eigenvalue weighted by atomic mass is 9.92. The monoisotopic (exact) mass is 447 g/mol. The Balaban J connectivity index is 1.84. The summed E-state index contributed by atoms with van der Waals surface area (Å²) in [6.45, 7) is 4.23. The predicted molar refractivity (Wildman–Crippen MR) is 132 cm³/mol. The van der Waals surface area contributed by atoms with Crippen molar-refractivity contribution in [2.75, 3.05) is 20.8 Å². The van der Waals surface area contributed by atoms with Gasteiger partial charge >= 0.3 is 5.97 Å². The summed E-state index contributed by atoms with van der Waals surface area (Å²) in [5.74, 6) is 0.832. The fourth-order valence-corrected chi connectivity index (χ4v) is 5.23. The molecule has 1 unspecified atom stereocenters. The number of carbonyl (C=O) groups is 1. The molecule has 1 fully saturated rings. The third kappa shape index (κ3) is 4.69. The Morgan fingerprint density at radius 1 is 1.03 bits per heavy atom. The van der Waals surface area contributed by atoms with Crippen LogP contribution < -0.4 is 9.47 Å². The van der Waals surface area contributed by atoms with Gasteiger partial charge in [0.2, 0.25) is 0 Å². The van der Waals surface area contributed by atoms with Crippen LogP contribution in [-0.4, -0.2) is 42.8 Å². The van der Waals surface area contributed by atoms with Crippen LogP contribution >= 0.6 is 0 Å². The zero-order valence-electron chi connectivity index (χ0n) is 19.8. The van der Waals surface area contributed by atoms with Gasteiger partial charge in [0.25, 0.3) is 0 Å². The third-order valence-corrected chi connectivity index (χ3v) is 6.86. The standard InChI is InChI=1S/C28H33NO4/c1-4-21-9-7-17-29(21)18-20-13-15-25(32-2)27(28(20)33-3)24-12-6-10-22-19(14-16-26(30)31)8-5-11-23(22)24/h5-6,8,10-13,15,21H,4,7,9,14,16-18H2,1-3H3,(H,30,31). The van der Waals surface area contributed by atoms with E-state index in [2.05, 4.69) is 36.1 Å². The minimum atomic E-state index is -0.786. The molecule has 3 aromatic rings. The summed E-state index contributed by atoms with van der Waals surface area (Å²) in [5, 5.41) is 11.3. The van der Waals surface area contributed by atoms with E-state index in [4.69, 9.17) is 14.6 Å². The van der Waals surface area contributed by atoms with E-state index < -0.39 is 5.97 Å². The van der Waals surface area contributed by atoms with Crippen molar-refractivity contribution in [2.24, 2.45) is 0 Å². The molecule has 0 bridgehead atoms. The highest BCUT2D eigenvalue weighted by Gasteiger charge is 2.26. The first-order valence-corrected chi connectivity index (χ1v) is 11.8. The fourth-order valence-electron chi connectivity index (χ4n) is 5.23. The highest BCUT2D eigenvalue weighted by Crippen LogP contribution is 2.44. The van der Waals surface area contributed by atoms with Crippen molar-refractivity contribution in [1.29, 1.82) is 0 Å². The third-order valence-electron chi connectivity index (χ3n) is 6.86. The van der Waals surface area contributed by atoms with Crippen molar-refractivity contribution >= 4 is 16.7 Å². The van der Waals surface area contributed by atoms with Crippen LogP contribution in [0.5, 0.6) is 11.5 Å². The summed E-state index contributed by atoms with van der Waals surface area (Å²) >= 11 is 0. The zero-order chi connectivity index (χ0) is 23.4. The van der Waals surface area contributed by atoms with Gasteiger partial charge < -0.3 is 14.6 Å². The van der Waals surface area contributed by atoms with Crippen molar-refractivity contribution in [3.8, 4) is 22.6 Å². The molecular formula is C28H33NO4. The van der Waals surface area contributed by atoms with Gasteiger partial charge in [-0.3, -0.25) is 9.69 Å². The topological polar surface area (TPSA) is 59.0 Å². The minimum Gasteiger partial charge on any atom is -0.496 e. The summed E-state index contributed by atoms with van der Waals surface area (Å²) < 4.78 is 11.8. The van der Waals surface area contributed by atoms with Crippen LogP contribution in [0.25, 0.3) is 21.9 Å². The van der Waals surface area contributed by atoms with Gasteiger partial charge in [0.05, 0.1) is 19.8 Å².